The van der Waals surface area contributed by atoms with E-state index in [9.17, 15) is 42.3 Å². The molecular weight excluding hydrogens is 627 g/mol. The van der Waals surface area contributed by atoms with Crippen molar-refractivity contribution < 1.29 is 52.1 Å². The van der Waals surface area contributed by atoms with Crippen molar-refractivity contribution in [2.45, 2.75) is 50.8 Å². The summed E-state index contributed by atoms with van der Waals surface area (Å²) in [5.74, 6) is -7.43. The Morgan fingerprint density at radius 3 is 2.50 bits per heavy atom. The van der Waals surface area contributed by atoms with Crippen molar-refractivity contribution in [2.75, 3.05) is 6.54 Å². The van der Waals surface area contributed by atoms with Crippen LogP contribution in [-0.4, -0.2) is 57.4 Å². The van der Waals surface area contributed by atoms with Crippen LogP contribution < -0.4 is 4.74 Å². The Bertz CT molecular complexity index is 1490. The predicted molar refractivity (Wildman–Crippen MR) is 142 cm³/mol. The fourth-order valence-corrected chi connectivity index (χ4v) is 6.98. The minimum Gasteiger partial charge on any atom is -0.508 e. The molecule has 4 atom stereocenters. The standard InChI is InChI=1S/C29H25BrF3NO8/c30-19-12-21(36)25-18(26(19)39)11-16-14(23(25)17-10-13(5-8-20(17)35)42-29(31,32)33)6-7-15-24(16)28(41)34(27(15)40)9-3-1-2-4-22(37)38/h5-6,8,10,12,15-16,23-24,35H,1-4,7,9,11H2,(H,37,38). The summed E-state index contributed by atoms with van der Waals surface area (Å²) in [6.45, 7) is 0.104. The van der Waals surface area contributed by atoms with Gasteiger partial charge in [-0.3, -0.25) is 28.9 Å². The molecule has 0 radical (unpaired) electrons. The molecule has 0 spiro atoms. The summed E-state index contributed by atoms with van der Waals surface area (Å²) in [6.07, 6.45) is -0.913. The number of phenols is 1. The van der Waals surface area contributed by atoms with Gasteiger partial charge in [-0.1, -0.05) is 18.1 Å². The molecule has 3 aliphatic carbocycles. The third-order valence-corrected chi connectivity index (χ3v) is 8.83. The van der Waals surface area contributed by atoms with Gasteiger partial charge in [0.1, 0.15) is 11.5 Å². The number of carboxylic acid groups (broad SMARTS) is 1. The first-order valence-electron chi connectivity index (χ1n) is 13.3. The molecule has 1 aromatic rings. The lowest BCUT2D eigenvalue weighted by atomic mass is 9.59. The van der Waals surface area contributed by atoms with Crippen LogP contribution in [0.1, 0.15) is 50.0 Å². The number of ketones is 2. The number of carbonyl (C=O) groups excluding carboxylic acids is 4. The van der Waals surface area contributed by atoms with Gasteiger partial charge in [-0.05, 0) is 65.7 Å². The normalized spacial score (nSPS) is 25.6. The van der Waals surface area contributed by atoms with Crippen molar-refractivity contribution in [3.8, 4) is 11.5 Å². The van der Waals surface area contributed by atoms with Crippen molar-refractivity contribution in [3.05, 3.63) is 57.1 Å². The number of ether oxygens (including phenoxy) is 1. The number of halogens is 4. The van der Waals surface area contributed by atoms with Crippen molar-refractivity contribution in [1.82, 2.24) is 4.90 Å². The molecule has 42 heavy (non-hydrogen) atoms. The van der Waals surface area contributed by atoms with E-state index < -0.39 is 65.0 Å². The third kappa shape index (κ3) is 5.41. The summed E-state index contributed by atoms with van der Waals surface area (Å²) in [5, 5.41) is 19.6. The maximum atomic E-state index is 13.7. The molecule has 1 saturated heterocycles. The van der Waals surface area contributed by atoms with Crippen LogP contribution in [0.15, 0.2) is 51.6 Å². The first-order valence-corrected chi connectivity index (χ1v) is 14.1. The van der Waals surface area contributed by atoms with E-state index in [-0.39, 0.29) is 52.9 Å². The van der Waals surface area contributed by atoms with Crippen LogP contribution in [0.3, 0.4) is 0 Å². The van der Waals surface area contributed by atoms with Crippen LogP contribution in [0.2, 0.25) is 0 Å². The Labute approximate surface area is 245 Å². The molecule has 4 aliphatic rings. The van der Waals surface area contributed by atoms with Gasteiger partial charge in [0.25, 0.3) is 0 Å². The van der Waals surface area contributed by atoms with E-state index in [0.717, 1.165) is 29.2 Å². The zero-order valence-electron chi connectivity index (χ0n) is 21.9. The minimum absolute atomic E-state index is 0.00401. The van der Waals surface area contributed by atoms with E-state index in [1.165, 1.54) is 0 Å². The lowest BCUT2D eigenvalue weighted by molar-refractivity contribution is -0.274. The Balaban J connectivity index is 1.53. The summed E-state index contributed by atoms with van der Waals surface area (Å²) >= 11 is 3.10. The predicted octanol–water partition coefficient (Wildman–Crippen LogP) is 4.70. The molecule has 1 aromatic carbocycles. The number of allylic oxidation sites excluding steroid dienone is 6. The van der Waals surface area contributed by atoms with E-state index in [1.807, 2.05) is 0 Å². The minimum atomic E-state index is -5.02. The van der Waals surface area contributed by atoms with E-state index >= 15 is 0 Å². The number of alkyl halides is 3. The van der Waals surface area contributed by atoms with Gasteiger partial charge >= 0.3 is 12.3 Å². The van der Waals surface area contributed by atoms with Gasteiger partial charge < -0.3 is 14.9 Å². The monoisotopic (exact) mass is 651 g/mol. The summed E-state index contributed by atoms with van der Waals surface area (Å²) in [4.78, 5) is 65.4. The quantitative estimate of drug-likeness (QED) is 0.179. The van der Waals surface area contributed by atoms with Crippen molar-refractivity contribution in [1.29, 1.82) is 0 Å². The highest BCUT2D eigenvalue weighted by molar-refractivity contribution is 9.12. The average Bonchev–Trinajstić information content (AvgIpc) is 3.15. The molecule has 1 heterocycles. The Morgan fingerprint density at radius 1 is 1.07 bits per heavy atom. The van der Waals surface area contributed by atoms with Crippen LogP contribution in [0.25, 0.3) is 0 Å². The number of hydrogen-bond donors (Lipinski definition) is 2. The summed E-state index contributed by atoms with van der Waals surface area (Å²) in [5.41, 5.74) is 0.427. The number of aliphatic carboxylic acids is 1. The van der Waals surface area contributed by atoms with Crippen molar-refractivity contribution >= 4 is 45.3 Å². The molecule has 2 amide bonds. The number of likely N-dealkylation sites (tertiary alicyclic amines) is 1. The second kappa shape index (κ2) is 11.2. The molecule has 222 valence electrons. The maximum Gasteiger partial charge on any atom is 0.573 e. The van der Waals surface area contributed by atoms with Crippen molar-refractivity contribution in [2.24, 2.45) is 17.8 Å². The summed E-state index contributed by atoms with van der Waals surface area (Å²) < 4.78 is 43.1. The Hall–Kier alpha value is -3.74. The van der Waals surface area contributed by atoms with E-state index in [1.54, 1.807) is 6.08 Å². The second-order valence-corrected chi connectivity index (χ2v) is 11.5. The first-order chi connectivity index (χ1) is 19.8. The molecule has 1 fully saturated rings. The highest BCUT2D eigenvalue weighted by Crippen LogP contribution is 2.56. The van der Waals surface area contributed by atoms with Crippen LogP contribution in [0.4, 0.5) is 13.2 Å². The number of unbranched alkanes of at least 4 members (excludes halogenated alkanes) is 2. The summed E-state index contributed by atoms with van der Waals surface area (Å²) in [7, 11) is 0. The van der Waals surface area contributed by atoms with Crippen LogP contribution in [0, 0.1) is 17.8 Å². The van der Waals surface area contributed by atoms with Gasteiger partial charge in [0.2, 0.25) is 11.8 Å². The lowest BCUT2D eigenvalue weighted by Gasteiger charge is -2.42. The number of amides is 2. The molecule has 9 nitrogen and oxygen atoms in total. The van der Waals surface area contributed by atoms with E-state index in [2.05, 4.69) is 20.7 Å². The highest BCUT2D eigenvalue weighted by Gasteiger charge is 2.56. The molecule has 13 heteroatoms. The van der Waals surface area contributed by atoms with Gasteiger partial charge in [0, 0.05) is 41.7 Å². The topological polar surface area (TPSA) is 138 Å². The van der Waals surface area contributed by atoms with Crippen molar-refractivity contribution in [3.63, 3.8) is 0 Å². The Morgan fingerprint density at radius 2 is 1.81 bits per heavy atom. The van der Waals surface area contributed by atoms with Gasteiger partial charge in [0.15, 0.2) is 11.6 Å². The second-order valence-electron chi connectivity index (χ2n) is 10.7. The number of hydrogen-bond acceptors (Lipinski definition) is 7. The molecule has 4 unspecified atom stereocenters. The fourth-order valence-electron chi connectivity index (χ4n) is 6.53. The van der Waals surface area contributed by atoms with Crippen LogP contribution in [0.5, 0.6) is 11.5 Å². The van der Waals surface area contributed by atoms with E-state index in [0.29, 0.717) is 24.8 Å². The third-order valence-electron chi connectivity index (χ3n) is 8.24. The molecular formula is C29H25BrF3NO8. The van der Waals surface area contributed by atoms with Crippen LogP contribution in [-0.2, 0) is 24.0 Å². The van der Waals surface area contributed by atoms with Gasteiger partial charge in [-0.25, -0.2) is 0 Å². The number of nitrogens with zero attached hydrogens (tertiary/aromatic N) is 1. The maximum absolute atomic E-state index is 13.7. The number of benzene rings is 1. The molecule has 5 rings (SSSR count). The number of imide groups is 1. The Kier molecular flexibility index (Phi) is 7.90. The number of rotatable bonds is 8. The van der Waals surface area contributed by atoms with Gasteiger partial charge in [-0.2, -0.15) is 0 Å². The lowest BCUT2D eigenvalue weighted by Crippen LogP contribution is -2.39. The van der Waals surface area contributed by atoms with E-state index in [4.69, 9.17) is 5.11 Å². The fraction of sp³-hybridized carbons (Fsp3) is 0.414. The molecule has 2 N–H and O–H groups in total. The average molecular weight is 652 g/mol. The molecule has 0 bridgehead atoms. The molecule has 1 aliphatic heterocycles. The number of aromatic hydroxyl groups is 1. The largest absolute Gasteiger partial charge is 0.573 e. The number of carbonyl (C=O) groups is 5. The van der Waals surface area contributed by atoms with Gasteiger partial charge in [-0.15, -0.1) is 13.2 Å². The molecule has 0 aromatic heterocycles. The van der Waals surface area contributed by atoms with Crippen LogP contribution >= 0.6 is 15.9 Å². The number of fused-ring (bicyclic) bond motifs is 3. The smallest absolute Gasteiger partial charge is 0.508 e. The first kappa shape index (κ1) is 29.7. The molecule has 0 saturated carbocycles. The number of Topliss-reactive ketones (excluding diaryl/α,β-unsaturated/α-hetero) is 1. The SMILES string of the molecule is O=C(O)CCCCCN1C(=O)C2CC=C3C(c4cc(OC(F)(F)F)ccc4O)C4=C(CC3C2C1=O)C(=O)C(Br)=CC4=O. The van der Waals surface area contributed by atoms with Gasteiger partial charge in [0.05, 0.1) is 16.3 Å². The highest BCUT2D eigenvalue weighted by atomic mass is 79.9. The zero-order valence-corrected chi connectivity index (χ0v) is 23.5. The number of phenolic OH excluding ortho intramolecular Hbond substituents is 1. The summed E-state index contributed by atoms with van der Waals surface area (Å²) in [6, 6.07) is 2.89. The zero-order chi connectivity index (χ0) is 30.5. The number of carboxylic acids is 1.